The molecule has 100 valence electrons. The van der Waals surface area contributed by atoms with Crippen LogP contribution in [-0.4, -0.2) is 46.5 Å². The second-order valence-corrected chi connectivity index (χ2v) is 5.46. The first-order valence-electron chi connectivity index (χ1n) is 6.04. The zero-order valence-electron chi connectivity index (χ0n) is 10.9. The number of aliphatic carboxylic acids is 1. The van der Waals surface area contributed by atoms with E-state index in [9.17, 15) is 9.59 Å². The highest BCUT2D eigenvalue weighted by atomic mass is 32.2. The number of amides is 1. The minimum atomic E-state index is -0.858. The fourth-order valence-electron chi connectivity index (χ4n) is 1.26. The van der Waals surface area contributed by atoms with E-state index in [1.165, 1.54) is 0 Å². The Balaban J connectivity index is 3.80. The van der Waals surface area contributed by atoms with Gasteiger partial charge in [0.05, 0.1) is 12.2 Å². The molecule has 4 nitrogen and oxygen atoms in total. The molecule has 0 rings (SSSR count). The lowest BCUT2D eigenvalue weighted by molar-refractivity contribution is -0.138. The molecule has 0 aromatic heterocycles. The maximum Gasteiger partial charge on any atom is 0.305 e. The Bertz CT molecular complexity index is 244. The average molecular weight is 261 g/mol. The van der Waals surface area contributed by atoms with E-state index in [1.54, 1.807) is 16.7 Å². The van der Waals surface area contributed by atoms with Gasteiger partial charge in [0.25, 0.3) is 0 Å². The molecule has 0 fully saturated rings. The lowest BCUT2D eigenvalue weighted by atomic mass is 10.2. The van der Waals surface area contributed by atoms with Gasteiger partial charge < -0.3 is 10.0 Å². The molecular formula is C12H23NO3S. The second-order valence-electron chi connectivity index (χ2n) is 4.35. The van der Waals surface area contributed by atoms with Crippen LogP contribution < -0.4 is 0 Å². The standard InChI is InChI=1S/C12H23NO3S/c1-4-13(7-5-12(15)16)11(14)9-17-8-6-10(2)3/h10H,4-9H2,1-3H3,(H,15,16). The third-order valence-corrected chi connectivity index (χ3v) is 3.37. The normalized spacial score (nSPS) is 10.6. The van der Waals surface area contributed by atoms with Gasteiger partial charge in [-0.05, 0) is 25.0 Å². The number of carbonyl (C=O) groups excluding carboxylic acids is 1. The molecule has 1 N–H and O–H groups in total. The first kappa shape index (κ1) is 16.3. The van der Waals surface area contributed by atoms with Gasteiger partial charge in [0.15, 0.2) is 0 Å². The van der Waals surface area contributed by atoms with Crippen molar-refractivity contribution in [1.82, 2.24) is 4.90 Å². The fourth-order valence-corrected chi connectivity index (χ4v) is 2.40. The van der Waals surface area contributed by atoms with Gasteiger partial charge in [-0.25, -0.2) is 0 Å². The molecule has 0 atom stereocenters. The quantitative estimate of drug-likeness (QED) is 0.646. The summed E-state index contributed by atoms with van der Waals surface area (Å²) in [5, 5.41) is 8.57. The fraction of sp³-hybridized carbons (Fsp3) is 0.833. The summed E-state index contributed by atoms with van der Waals surface area (Å²) in [6, 6.07) is 0. The highest BCUT2D eigenvalue weighted by molar-refractivity contribution is 7.99. The van der Waals surface area contributed by atoms with Crippen molar-refractivity contribution in [3.8, 4) is 0 Å². The Morgan fingerprint density at radius 1 is 1.35 bits per heavy atom. The highest BCUT2D eigenvalue weighted by Crippen LogP contribution is 2.09. The third kappa shape index (κ3) is 9.03. The number of carbonyl (C=O) groups is 2. The van der Waals surface area contributed by atoms with Crippen LogP contribution in [0.2, 0.25) is 0 Å². The highest BCUT2D eigenvalue weighted by Gasteiger charge is 2.12. The maximum absolute atomic E-state index is 11.7. The van der Waals surface area contributed by atoms with E-state index in [0.717, 1.165) is 12.2 Å². The largest absolute Gasteiger partial charge is 0.481 e. The van der Waals surface area contributed by atoms with Crippen molar-refractivity contribution in [1.29, 1.82) is 0 Å². The predicted octanol–water partition coefficient (Wildman–Crippen LogP) is 2.09. The molecule has 0 aromatic carbocycles. The number of rotatable bonds is 9. The Morgan fingerprint density at radius 3 is 2.47 bits per heavy atom. The number of carboxylic acid groups (broad SMARTS) is 1. The molecule has 0 radical (unpaired) electrons. The van der Waals surface area contributed by atoms with E-state index < -0.39 is 5.97 Å². The van der Waals surface area contributed by atoms with Crippen molar-refractivity contribution in [2.45, 2.75) is 33.6 Å². The van der Waals surface area contributed by atoms with Gasteiger partial charge in [0, 0.05) is 13.1 Å². The van der Waals surface area contributed by atoms with E-state index in [-0.39, 0.29) is 12.3 Å². The zero-order valence-corrected chi connectivity index (χ0v) is 11.8. The van der Waals surface area contributed by atoms with Gasteiger partial charge in [-0.3, -0.25) is 9.59 Å². The molecule has 17 heavy (non-hydrogen) atoms. The van der Waals surface area contributed by atoms with Crippen molar-refractivity contribution >= 4 is 23.6 Å². The number of nitrogens with zero attached hydrogens (tertiary/aromatic N) is 1. The van der Waals surface area contributed by atoms with Crippen LogP contribution in [-0.2, 0) is 9.59 Å². The van der Waals surface area contributed by atoms with Gasteiger partial charge in [0.1, 0.15) is 0 Å². The van der Waals surface area contributed by atoms with Crippen molar-refractivity contribution in [2.75, 3.05) is 24.6 Å². The SMILES string of the molecule is CCN(CCC(=O)O)C(=O)CSCCC(C)C. The molecule has 0 aromatic rings. The molecule has 0 spiro atoms. The van der Waals surface area contributed by atoms with E-state index in [2.05, 4.69) is 13.8 Å². The molecule has 0 aliphatic carbocycles. The Labute approximate surface area is 108 Å². The first-order chi connectivity index (χ1) is 7.97. The van der Waals surface area contributed by atoms with Gasteiger partial charge in [-0.15, -0.1) is 0 Å². The van der Waals surface area contributed by atoms with Crippen molar-refractivity contribution in [3.05, 3.63) is 0 Å². The first-order valence-corrected chi connectivity index (χ1v) is 7.20. The zero-order chi connectivity index (χ0) is 13.3. The molecule has 0 saturated carbocycles. The second kappa shape index (κ2) is 9.33. The number of carboxylic acids is 1. The molecule has 5 heteroatoms. The number of hydrogen-bond donors (Lipinski definition) is 1. The van der Waals surface area contributed by atoms with Crippen LogP contribution in [0, 0.1) is 5.92 Å². The van der Waals surface area contributed by atoms with Crippen LogP contribution in [0.5, 0.6) is 0 Å². The molecular weight excluding hydrogens is 238 g/mol. The molecule has 0 unspecified atom stereocenters. The van der Waals surface area contributed by atoms with E-state index >= 15 is 0 Å². The summed E-state index contributed by atoms with van der Waals surface area (Å²) in [7, 11) is 0. The number of thioether (sulfide) groups is 1. The molecule has 0 aliphatic heterocycles. The summed E-state index contributed by atoms with van der Waals surface area (Å²) in [6.45, 7) is 7.09. The lowest BCUT2D eigenvalue weighted by Gasteiger charge is -2.19. The van der Waals surface area contributed by atoms with Crippen LogP contribution in [0.4, 0.5) is 0 Å². The summed E-state index contributed by atoms with van der Waals surface area (Å²) in [5.74, 6) is 1.29. The summed E-state index contributed by atoms with van der Waals surface area (Å²) < 4.78 is 0. The molecule has 0 heterocycles. The van der Waals surface area contributed by atoms with Crippen LogP contribution in [0.25, 0.3) is 0 Å². The van der Waals surface area contributed by atoms with E-state index in [4.69, 9.17) is 5.11 Å². The Morgan fingerprint density at radius 2 is 2.00 bits per heavy atom. The number of hydrogen-bond acceptors (Lipinski definition) is 3. The summed E-state index contributed by atoms with van der Waals surface area (Å²) in [4.78, 5) is 23.8. The summed E-state index contributed by atoms with van der Waals surface area (Å²) in [5.41, 5.74) is 0. The van der Waals surface area contributed by atoms with E-state index in [0.29, 0.717) is 24.8 Å². The Hall–Kier alpha value is -0.710. The lowest BCUT2D eigenvalue weighted by Crippen LogP contribution is -2.34. The monoisotopic (exact) mass is 261 g/mol. The van der Waals surface area contributed by atoms with Crippen molar-refractivity contribution in [3.63, 3.8) is 0 Å². The predicted molar refractivity (Wildman–Crippen MR) is 71.3 cm³/mol. The molecule has 0 aliphatic rings. The molecule has 1 amide bonds. The van der Waals surface area contributed by atoms with Gasteiger partial charge in [0.2, 0.25) is 5.91 Å². The Kier molecular flexibility index (Phi) is 8.94. The topological polar surface area (TPSA) is 57.6 Å². The van der Waals surface area contributed by atoms with Crippen molar-refractivity contribution < 1.29 is 14.7 Å². The van der Waals surface area contributed by atoms with Gasteiger partial charge in [-0.2, -0.15) is 11.8 Å². The molecule has 0 saturated heterocycles. The van der Waals surface area contributed by atoms with Crippen LogP contribution in [0.1, 0.15) is 33.6 Å². The van der Waals surface area contributed by atoms with Crippen LogP contribution >= 0.6 is 11.8 Å². The minimum Gasteiger partial charge on any atom is -0.481 e. The molecule has 0 bridgehead atoms. The van der Waals surface area contributed by atoms with Gasteiger partial charge >= 0.3 is 5.97 Å². The summed E-state index contributed by atoms with van der Waals surface area (Å²) >= 11 is 1.63. The average Bonchev–Trinajstić information content (AvgIpc) is 2.24. The van der Waals surface area contributed by atoms with Crippen molar-refractivity contribution in [2.24, 2.45) is 5.92 Å². The van der Waals surface area contributed by atoms with Gasteiger partial charge in [-0.1, -0.05) is 13.8 Å². The minimum absolute atomic E-state index is 0.0240. The summed E-state index contributed by atoms with van der Waals surface area (Å²) in [6.07, 6.45) is 1.13. The van der Waals surface area contributed by atoms with Crippen LogP contribution in [0.15, 0.2) is 0 Å². The van der Waals surface area contributed by atoms with E-state index in [1.807, 2.05) is 6.92 Å². The maximum atomic E-state index is 11.7. The van der Waals surface area contributed by atoms with Crippen LogP contribution in [0.3, 0.4) is 0 Å². The smallest absolute Gasteiger partial charge is 0.305 e. The third-order valence-electron chi connectivity index (χ3n) is 2.40.